The molecule has 0 heterocycles. The number of carbonyl (C=O) groups is 3. The molecule has 2 aromatic rings. The number of anilines is 1. The van der Waals surface area contributed by atoms with E-state index in [0.29, 0.717) is 17.0 Å². The van der Waals surface area contributed by atoms with Gasteiger partial charge in [0.15, 0.2) is 6.61 Å². The van der Waals surface area contributed by atoms with Crippen LogP contribution in [-0.4, -0.2) is 36.6 Å². The van der Waals surface area contributed by atoms with Crippen LogP contribution in [0.5, 0.6) is 5.75 Å². The molecule has 8 nitrogen and oxygen atoms in total. The second-order valence-electron chi connectivity index (χ2n) is 6.69. The molecule has 29 heavy (non-hydrogen) atoms. The Balaban J connectivity index is 1.52. The van der Waals surface area contributed by atoms with Crippen molar-refractivity contribution in [1.29, 1.82) is 0 Å². The lowest BCUT2D eigenvalue weighted by Gasteiger charge is -2.10. The second-order valence-corrected chi connectivity index (χ2v) is 6.69. The molecule has 3 N–H and O–H groups in total. The zero-order chi connectivity index (χ0) is 20.6. The first-order chi connectivity index (χ1) is 14.0. The van der Waals surface area contributed by atoms with Gasteiger partial charge in [-0.05, 0) is 49.6 Å². The van der Waals surface area contributed by atoms with Crippen LogP contribution in [0.3, 0.4) is 0 Å². The van der Waals surface area contributed by atoms with Gasteiger partial charge in [-0.3, -0.25) is 14.4 Å². The van der Waals surface area contributed by atoms with E-state index >= 15 is 0 Å². The Morgan fingerprint density at radius 3 is 2.66 bits per heavy atom. The molecular formula is C21H22N4O4. The van der Waals surface area contributed by atoms with Crippen molar-refractivity contribution in [2.24, 2.45) is 5.10 Å². The number of aryl methyl sites for hydroxylation is 1. The van der Waals surface area contributed by atoms with Gasteiger partial charge in [-0.1, -0.05) is 24.3 Å². The van der Waals surface area contributed by atoms with Crippen molar-refractivity contribution >= 4 is 29.6 Å². The molecule has 0 bridgehead atoms. The molecule has 1 saturated carbocycles. The highest BCUT2D eigenvalue weighted by atomic mass is 16.5. The van der Waals surface area contributed by atoms with E-state index in [4.69, 9.17) is 4.74 Å². The van der Waals surface area contributed by atoms with Crippen molar-refractivity contribution in [3.8, 4) is 5.75 Å². The zero-order valence-electron chi connectivity index (χ0n) is 16.0. The van der Waals surface area contributed by atoms with Crippen LogP contribution in [0.2, 0.25) is 0 Å². The number of amides is 3. The molecule has 0 aliphatic heterocycles. The summed E-state index contributed by atoms with van der Waals surface area (Å²) in [6, 6.07) is 14.5. The fraction of sp³-hybridized carbons (Fsp3) is 0.238. The second kappa shape index (κ2) is 9.50. The molecule has 0 spiro atoms. The average Bonchev–Trinajstić information content (AvgIpc) is 3.51. The molecule has 0 saturated heterocycles. The molecule has 150 valence electrons. The van der Waals surface area contributed by atoms with Crippen LogP contribution in [0.15, 0.2) is 53.6 Å². The highest BCUT2D eigenvalue weighted by Gasteiger charge is 2.26. The van der Waals surface area contributed by atoms with Gasteiger partial charge in [-0.25, -0.2) is 5.43 Å². The summed E-state index contributed by atoms with van der Waals surface area (Å²) >= 11 is 0. The van der Waals surface area contributed by atoms with Gasteiger partial charge in [0, 0.05) is 17.3 Å². The molecule has 2 aromatic carbocycles. The van der Waals surface area contributed by atoms with E-state index in [1.165, 1.54) is 6.21 Å². The van der Waals surface area contributed by atoms with Crippen molar-refractivity contribution in [3.63, 3.8) is 0 Å². The lowest BCUT2D eigenvalue weighted by Crippen LogP contribution is -2.38. The smallest absolute Gasteiger partial charge is 0.329 e. The van der Waals surface area contributed by atoms with Gasteiger partial charge >= 0.3 is 11.8 Å². The number of hydrogen-bond donors (Lipinski definition) is 3. The summed E-state index contributed by atoms with van der Waals surface area (Å²) in [5.41, 5.74) is 4.47. The maximum absolute atomic E-state index is 12.1. The average molecular weight is 394 g/mol. The summed E-state index contributed by atoms with van der Waals surface area (Å²) in [5.74, 6) is -1.41. The maximum atomic E-state index is 12.1. The van der Waals surface area contributed by atoms with E-state index in [-0.39, 0.29) is 18.6 Å². The molecular weight excluding hydrogens is 372 g/mol. The van der Waals surface area contributed by atoms with E-state index in [9.17, 15) is 14.4 Å². The molecule has 0 radical (unpaired) electrons. The van der Waals surface area contributed by atoms with Crippen molar-refractivity contribution in [2.75, 3.05) is 11.9 Å². The Morgan fingerprint density at radius 2 is 1.90 bits per heavy atom. The fourth-order valence-electron chi connectivity index (χ4n) is 2.47. The van der Waals surface area contributed by atoms with Crippen LogP contribution in [0.1, 0.15) is 24.0 Å². The van der Waals surface area contributed by atoms with Gasteiger partial charge in [0.05, 0.1) is 6.21 Å². The normalized spacial score (nSPS) is 13.0. The number of nitrogens with one attached hydrogen (secondary N) is 3. The lowest BCUT2D eigenvalue weighted by atomic mass is 10.2. The van der Waals surface area contributed by atoms with E-state index in [1.54, 1.807) is 30.3 Å². The predicted molar refractivity (Wildman–Crippen MR) is 109 cm³/mol. The highest BCUT2D eigenvalue weighted by Crippen LogP contribution is 2.18. The van der Waals surface area contributed by atoms with Crippen molar-refractivity contribution < 1.29 is 19.1 Å². The van der Waals surface area contributed by atoms with Gasteiger partial charge in [-0.15, -0.1) is 0 Å². The summed E-state index contributed by atoms with van der Waals surface area (Å²) in [7, 11) is 0. The minimum atomic E-state index is -0.830. The standard InChI is InChI=1S/C21H22N4O4/c1-14-5-4-7-17(11-14)23-19(26)13-29-18-8-3-2-6-15(18)12-22-25-21(28)20(27)24-16-9-10-16/h2-8,11-12,16H,9-10,13H2,1H3,(H,23,26)(H,24,27)(H,25,28)/b22-12-. The minimum Gasteiger partial charge on any atom is -0.483 e. The van der Waals surface area contributed by atoms with Crippen LogP contribution in [0.4, 0.5) is 5.69 Å². The number of nitrogens with zero attached hydrogens (tertiary/aromatic N) is 1. The number of para-hydroxylation sites is 1. The molecule has 1 aliphatic carbocycles. The van der Waals surface area contributed by atoms with E-state index < -0.39 is 11.8 Å². The molecule has 0 unspecified atom stereocenters. The molecule has 0 aromatic heterocycles. The monoisotopic (exact) mass is 394 g/mol. The maximum Gasteiger partial charge on any atom is 0.329 e. The van der Waals surface area contributed by atoms with Crippen molar-refractivity contribution in [3.05, 3.63) is 59.7 Å². The van der Waals surface area contributed by atoms with Gasteiger partial charge in [0.1, 0.15) is 5.75 Å². The molecule has 1 aliphatic rings. The first kappa shape index (κ1) is 20.1. The molecule has 1 fully saturated rings. The minimum absolute atomic E-state index is 0.0947. The molecule has 8 heteroatoms. The van der Waals surface area contributed by atoms with Gasteiger partial charge in [0.2, 0.25) is 0 Å². The van der Waals surface area contributed by atoms with Crippen molar-refractivity contribution in [2.45, 2.75) is 25.8 Å². The SMILES string of the molecule is Cc1cccc(NC(=O)COc2ccccc2/C=N\NC(=O)C(=O)NC2CC2)c1. The molecule has 3 rings (SSSR count). The first-order valence-electron chi connectivity index (χ1n) is 9.23. The third kappa shape index (κ3) is 6.46. The van der Waals surface area contributed by atoms with Gasteiger partial charge in [-0.2, -0.15) is 5.10 Å². The largest absolute Gasteiger partial charge is 0.483 e. The molecule has 3 amide bonds. The van der Waals surface area contributed by atoms with Crippen LogP contribution in [0.25, 0.3) is 0 Å². The summed E-state index contributed by atoms with van der Waals surface area (Å²) in [4.78, 5) is 35.4. The lowest BCUT2D eigenvalue weighted by molar-refractivity contribution is -0.139. The number of rotatable bonds is 7. The van der Waals surface area contributed by atoms with Crippen LogP contribution in [0, 0.1) is 6.92 Å². The predicted octanol–water partition coefficient (Wildman–Crippen LogP) is 1.74. The Kier molecular flexibility index (Phi) is 6.57. The third-order valence-corrected chi connectivity index (χ3v) is 4.07. The van der Waals surface area contributed by atoms with Gasteiger partial charge < -0.3 is 15.4 Å². The van der Waals surface area contributed by atoms with Crippen LogP contribution < -0.4 is 20.8 Å². The van der Waals surface area contributed by atoms with E-state index in [2.05, 4.69) is 21.2 Å². The van der Waals surface area contributed by atoms with Crippen LogP contribution >= 0.6 is 0 Å². The van der Waals surface area contributed by atoms with Gasteiger partial charge in [0.25, 0.3) is 5.91 Å². The number of ether oxygens (including phenoxy) is 1. The third-order valence-electron chi connectivity index (χ3n) is 4.07. The number of hydrogen-bond acceptors (Lipinski definition) is 5. The fourth-order valence-corrected chi connectivity index (χ4v) is 2.47. The number of carbonyl (C=O) groups excluding carboxylic acids is 3. The van der Waals surface area contributed by atoms with Crippen molar-refractivity contribution in [1.82, 2.24) is 10.7 Å². The Hall–Kier alpha value is -3.68. The Morgan fingerprint density at radius 1 is 1.10 bits per heavy atom. The number of hydrazone groups is 1. The highest BCUT2D eigenvalue weighted by molar-refractivity contribution is 6.35. The Labute approximate surface area is 168 Å². The van der Waals surface area contributed by atoms with E-state index in [1.807, 2.05) is 25.1 Å². The van der Waals surface area contributed by atoms with E-state index in [0.717, 1.165) is 18.4 Å². The van der Waals surface area contributed by atoms with Crippen LogP contribution in [-0.2, 0) is 14.4 Å². The number of benzene rings is 2. The quantitative estimate of drug-likeness (QED) is 0.378. The summed E-state index contributed by atoms with van der Waals surface area (Å²) in [6.07, 6.45) is 3.14. The summed E-state index contributed by atoms with van der Waals surface area (Å²) in [5, 5.41) is 9.13. The summed E-state index contributed by atoms with van der Waals surface area (Å²) < 4.78 is 5.57. The topological polar surface area (TPSA) is 109 Å². The Bertz CT molecular complexity index is 938. The first-order valence-corrected chi connectivity index (χ1v) is 9.23. The zero-order valence-corrected chi connectivity index (χ0v) is 16.0. The summed E-state index contributed by atoms with van der Waals surface area (Å²) in [6.45, 7) is 1.75. The molecule has 0 atom stereocenters.